The van der Waals surface area contributed by atoms with E-state index in [0.29, 0.717) is 6.54 Å². The van der Waals surface area contributed by atoms with Crippen molar-refractivity contribution in [3.05, 3.63) is 52.2 Å². The summed E-state index contributed by atoms with van der Waals surface area (Å²) < 4.78 is 5.73. The molecule has 1 N–H and O–H groups in total. The van der Waals surface area contributed by atoms with Crippen LogP contribution in [0.5, 0.6) is 0 Å². The molecule has 138 valence electrons. The van der Waals surface area contributed by atoms with Gasteiger partial charge in [0, 0.05) is 17.6 Å². The van der Waals surface area contributed by atoms with Gasteiger partial charge >= 0.3 is 6.09 Å². The largest absolute Gasteiger partial charge is 0.444 e. The lowest BCUT2D eigenvalue weighted by atomic mass is 9.68. The highest BCUT2D eigenvalue weighted by atomic mass is 32.1. The van der Waals surface area contributed by atoms with Crippen molar-refractivity contribution < 1.29 is 9.53 Å². The summed E-state index contributed by atoms with van der Waals surface area (Å²) in [6, 6.07) is 10.7. The van der Waals surface area contributed by atoms with Crippen molar-refractivity contribution in [1.82, 2.24) is 4.90 Å². The average molecular weight is 371 g/mol. The van der Waals surface area contributed by atoms with Crippen LogP contribution in [0.4, 0.5) is 10.5 Å². The number of fused-ring (bicyclic) bond motifs is 3. The lowest BCUT2D eigenvalue weighted by Crippen LogP contribution is -2.44. The number of benzene rings is 1. The Morgan fingerprint density at radius 2 is 2.08 bits per heavy atom. The number of amides is 1. The van der Waals surface area contributed by atoms with Crippen molar-refractivity contribution in [2.75, 3.05) is 11.9 Å². The second kappa shape index (κ2) is 6.02. The van der Waals surface area contributed by atoms with Crippen LogP contribution in [0.3, 0.4) is 0 Å². The van der Waals surface area contributed by atoms with Gasteiger partial charge in [-0.25, -0.2) is 4.79 Å². The molecular formula is C21H26N2O2S. The van der Waals surface area contributed by atoms with Crippen LogP contribution in [0.1, 0.15) is 57.3 Å². The summed E-state index contributed by atoms with van der Waals surface area (Å²) in [5, 5.41) is 8.08. The maximum absolute atomic E-state index is 12.9. The fourth-order valence-corrected chi connectivity index (χ4v) is 5.10. The summed E-state index contributed by atoms with van der Waals surface area (Å²) in [6.45, 7) is 8.78. The van der Waals surface area contributed by atoms with Gasteiger partial charge in [-0.15, -0.1) is 0 Å². The van der Waals surface area contributed by atoms with Gasteiger partial charge in [0.15, 0.2) is 0 Å². The van der Waals surface area contributed by atoms with Crippen molar-refractivity contribution in [2.24, 2.45) is 5.41 Å². The minimum Gasteiger partial charge on any atom is -0.444 e. The molecule has 0 spiro atoms. The molecule has 0 radical (unpaired) electrons. The summed E-state index contributed by atoms with van der Waals surface area (Å²) >= 11 is 1.72. The lowest BCUT2D eigenvalue weighted by molar-refractivity contribution is 0.0147. The Morgan fingerprint density at radius 1 is 1.31 bits per heavy atom. The Labute approximate surface area is 159 Å². The summed E-state index contributed by atoms with van der Waals surface area (Å²) in [4.78, 5) is 14.9. The van der Waals surface area contributed by atoms with Crippen molar-refractivity contribution in [3.8, 4) is 0 Å². The Bertz CT molecular complexity index is 812. The highest BCUT2D eigenvalue weighted by molar-refractivity contribution is 7.08. The molecule has 2 aliphatic rings. The molecule has 1 saturated heterocycles. The number of hydrogen-bond acceptors (Lipinski definition) is 4. The molecule has 0 unspecified atom stereocenters. The summed E-state index contributed by atoms with van der Waals surface area (Å²) in [5.74, 6) is 0. The van der Waals surface area contributed by atoms with Crippen molar-refractivity contribution in [2.45, 2.75) is 51.8 Å². The molecule has 0 bridgehead atoms. The van der Waals surface area contributed by atoms with Gasteiger partial charge in [0.05, 0.1) is 12.1 Å². The van der Waals surface area contributed by atoms with Crippen LogP contribution in [-0.2, 0) is 4.74 Å². The van der Waals surface area contributed by atoms with E-state index in [9.17, 15) is 4.79 Å². The Hall–Kier alpha value is -2.01. The first-order chi connectivity index (χ1) is 12.3. The van der Waals surface area contributed by atoms with Gasteiger partial charge in [-0.3, -0.25) is 0 Å². The number of rotatable bonds is 1. The van der Waals surface area contributed by atoms with Gasteiger partial charge in [0.1, 0.15) is 5.60 Å². The van der Waals surface area contributed by atoms with Gasteiger partial charge in [0.25, 0.3) is 0 Å². The summed E-state index contributed by atoms with van der Waals surface area (Å²) in [6.07, 6.45) is 0.727. The lowest BCUT2D eigenvalue weighted by Gasteiger charge is -2.46. The molecule has 0 aliphatic carbocycles. The monoisotopic (exact) mass is 370 g/mol. The number of nitrogens with one attached hydrogen (secondary N) is 1. The number of hydrogen-bond donors (Lipinski definition) is 1. The van der Waals surface area contributed by atoms with E-state index in [1.807, 2.05) is 31.7 Å². The van der Waals surface area contributed by atoms with Crippen LogP contribution in [0, 0.1) is 5.41 Å². The normalized spacial score (nSPS) is 27.5. The van der Waals surface area contributed by atoms with Gasteiger partial charge in [-0.1, -0.05) is 25.1 Å². The fourth-order valence-electron chi connectivity index (χ4n) is 4.42. The number of likely N-dealkylation sites (tertiary alicyclic amines) is 1. The zero-order chi connectivity index (χ0) is 18.5. The first-order valence-corrected chi connectivity index (χ1v) is 10.1. The zero-order valence-corrected chi connectivity index (χ0v) is 16.6. The van der Waals surface area contributed by atoms with E-state index < -0.39 is 5.60 Å². The number of para-hydroxylation sites is 1. The van der Waals surface area contributed by atoms with E-state index in [1.54, 1.807) is 11.3 Å². The zero-order valence-electron chi connectivity index (χ0n) is 15.8. The number of ether oxygens (including phenoxy) is 1. The van der Waals surface area contributed by atoms with E-state index in [-0.39, 0.29) is 23.6 Å². The topological polar surface area (TPSA) is 41.6 Å². The summed E-state index contributed by atoms with van der Waals surface area (Å²) in [5.41, 5.74) is 3.02. The molecule has 0 saturated carbocycles. The Kier molecular flexibility index (Phi) is 4.03. The van der Waals surface area contributed by atoms with E-state index in [2.05, 4.69) is 47.3 Å². The minimum absolute atomic E-state index is 0.0136. The second-order valence-electron chi connectivity index (χ2n) is 8.55. The van der Waals surface area contributed by atoms with Gasteiger partial charge < -0.3 is 15.0 Å². The van der Waals surface area contributed by atoms with Crippen LogP contribution in [-0.4, -0.2) is 23.1 Å². The smallest absolute Gasteiger partial charge is 0.410 e. The minimum atomic E-state index is -0.491. The molecule has 1 fully saturated rings. The molecule has 26 heavy (non-hydrogen) atoms. The fraction of sp³-hybridized carbons (Fsp3) is 0.476. The molecule has 2 aromatic rings. The standard InChI is InChI=1S/C21H26N2O2S/c1-20(2,3)25-19(24)23-11-10-21(4)17(14-9-12-26-13-14)22-16-8-6-5-7-15(16)18(21)23/h5-9,12-13,17-18,22H,10-11H2,1-4H3/t17-,18-,21+/m1/s1. The molecule has 3 heterocycles. The molecule has 1 aromatic carbocycles. The van der Waals surface area contributed by atoms with Gasteiger partial charge in [-0.2, -0.15) is 11.3 Å². The predicted octanol–water partition coefficient (Wildman–Crippen LogP) is 5.60. The van der Waals surface area contributed by atoms with E-state index >= 15 is 0 Å². The SMILES string of the molecule is CC(C)(C)OC(=O)N1CC[C@@]2(C)[C@@H](c3ccsc3)Nc3ccccc3[C@@H]12. The van der Waals surface area contributed by atoms with Crippen molar-refractivity contribution in [3.63, 3.8) is 0 Å². The third-order valence-corrected chi connectivity index (χ3v) is 6.25. The second-order valence-corrected chi connectivity index (χ2v) is 9.33. The van der Waals surface area contributed by atoms with Gasteiger partial charge in [0.2, 0.25) is 0 Å². The first-order valence-electron chi connectivity index (χ1n) is 9.17. The molecule has 4 nitrogen and oxygen atoms in total. The molecule has 1 amide bonds. The third kappa shape index (κ3) is 2.78. The highest BCUT2D eigenvalue weighted by Gasteiger charge is 2.55. The number of anilines is 1. The molecule has 2 aliphatic heterocycles. The van der Waals surface area contributed by atoms with E-state index in [0.717, 1.165) is 12.1 Å². The van der Waals surface area contributed by atoms with Crippen molar-refractivity contribution >= 4 is 23.1 Å². The van der Waals surface area contributed by atoms with Crippen LogP contribution in [0.25, 0.3) is 0 Å². The maximum Gasteiger partial charge on any atom is 0.410 e. The average Bonchev–Trinajstić information content (AvgIpc) is 3.20. The van der Waals surface area contributed by atoms with Gasteiger partial charge in [-0.05, 0) is 61.2 Å². The van der Waals surface area contributed by atoms with Crippen LogP contribution in [0.15, 0.2) is 41.1 Å². The van der Waals surface area contributed by atoms with Crippen LogP contribution < -0.4 is 5.32 Å². The number of carbonyl (C=O) groups excluding carboxylic acids is 1. The highest BCUT2D eigenvalue weighted by Crippen LogP contribution is 2.59. The quantitative estimate of drug-likeness (QED) is 0.710. The molecular weight excluding hydrogens is 344 g/mol. The third-order valence-electron chi connectivity index (χ3n) is 5.55. The van der Waals surface area contributed by atoms with E-state index in [1.165, 1.54) is 11.1 Å². The predicted molar refractivity (Wildman–Crippen MR) is 106 cm³/mol. The van der Waals surface area contributed by atoms with Crippen molar-refractivity contribution in [1.29, 1.82) is 0 Å². The summed E-state index contributed by atoms with van der Waals surface area (Å²) in [7, 11) is 0. The molecule has 5 heteroatoms. The van der Waals surface area contributed by atoms with E-state index in [4.69, 9.17) is 4.74 Å². The maximum atomic E-state index is 12.9. The number of carbonyl (C=O) groups is 1. The molecule has 3 atom stereocenters. The van der Waals surface area contributed by atoms with Crippen LogP contribution >= 0.6 is 11.3 Å². The van der Waals surface area contributed by atoms with Crippen LogP contribution in [0.2, 0.25) is 0 Å². The number of thiophene rings is 1. The Balaban J connectivity index is 1.78. The number of nitrogens with zero attached hydrogens (tertiary/aromatic N) is 1. The molecule has 4 rings (SSSR count). The Morgan fingerprint density at radius 3 is 2.77 bits per heavy atom. The first kappa shape index (κ1) is 17.4. The molecule has 1 aromatic heterocycles.